The van der Waals surface area contributed by atoms with E-state index in [0.717, 1.165) is 11.3 Å². The number of nitriles is 1. The summed E-state index contributed by atoms with van der Waals surface area (Å²) in [5, 5.41) is 12.8. The molecular weight excluding hydrogens is 188 g/mol. The Morgan fingerprint density at radius 3 is 2.60 bits per heavy atom. The molecule has 0 aliphatic heterocycles. The van der Waals surface area contributed by atoms with Gasteiger partial charge in [-0.2, -0.15) is 10.4 Å². The Hall–Kier alpha value is -2.15. The molecule has 1 unspecified atom stereocenters. The van der Waals surface area contributed by atoms with Crippen molar-refractivity contribution in [3.05, 3.63) is 42.5 Å². The Bertz CT molecular complexity index is 464. The van der Waals surface area contributed by atoms with Crippen molar-refractivity contribution in [3.8, 4) is 11.8 Å². The van der Waals surface area contributed by atoms with Crippen LogP contribution < -0.4 is 0 Å². The van der Waals surface area contributed by atoms with Crippen LogP contribution in [0.25, 0.3) is 5.69 Å². The Kier molecular flexibility index (Phi) is 2.46. The summed E-state index contributed by atoms with van der Waals surface area (Å²) in [6.45, 7) is 1.88. The summed E-state index contributed by atoms with van der Waals surface area (Å²) in [6.07, 6.45) is 3.13. The normalized spacial score (nSPS) is 12.0. The Balaban J connectivity index is 2.30. The molecule has 4 heteroatoms. The van der Waals surface area contributed by atoms with E-state index in [1.54, 1.807) is 11.0 Å². The topological polar surface area (TPSA) is 54.5 Å². The van der Waals surface area contributed by atoms with Crippen molar-refractivity contribution in [2.75, 3.05) is 0 Å². The second-order valence-corrected chi connectivity index (χ2v) is 3.28. The number of nitrogens with zero attached hydrogens (tertiary/aromatic N) is 4. The lowest BCUT2D eigenvalue weighted by Crippen LogP contribution is -1.95. The predicted octanol–water partition coefficient (Wildman–Crippen LogP) is 1.89. The summed E-state index contributed by atoms with van der Waals surface area (Å²) < 4.78 is 1.68. The first-order valence-electron chi connectivity index (χ1n) is 4.66. The predicted molar refractivity (Wildman–Crippen MR) is 55.4 cm³/mol. The molecule has 0 N–H and O–H groups in total. The minimum Gasteiger partial charge on any atom is -0.223 e. The van der Waals surface area contributed by atoms with Crippen LogP contribution in [-0.4, -0.2) is 14.8 Å². The van der Waals surface area contributed by atoms with Crippen molar-refractivity contribution in [2.24, 2.45) is 0 Å². The SMILES string of the molecule is CC(C#N)c1ccc(-n2cncn2)cc1. The highest BCUT2D eigenvalue weighted by Gasteiger charge is 2.03. The molecule has 0 aliphatic rings. The molecule has 1 aromatic carbocycles. The molecule has 15 heavy (non-hydrogen) atoms. The third kappa shape index (κ3) is 1.86. The summed E-state index contributed by atoms with van der Waals surface area (Å²) in [5.41, 5.74) is 1.96. The molecule has 2 rings (SSSR count). The van der Waals surface area contributed by atoms with Gasteiger partial charge in [0.25, 0.3) is 0 Å². The van der Waals surface area contributed by atoms with Crippen molar-refractivity contribution in [3.63, 3.8) is 0 Å². The van der Waals surface area contributed by atoms with Gasteiger partial charge in [-0.3, -0.25) is 0 Å². The maximum atomic E-state index is 8.76. The quantitative estimate of drug-likeness (QED) is 0.740. The molecule has 1 heterocycles. The zero-order valence-electron chi connectivity index (χ0n) is 8.33. The fraction of sp³-hybridized carbons (Fsp3) is 0.182. The first-order chi connectivity index (χ1) is 7.31. The van der Waals surface area contributed by atoms with Crippen LogP contribution in [0.2, 0.25) is 0 Å². The van der Waals surface area contributed by atoms with Crippen LogP contribution in [0.15, 0.2) is 36.9 Å². The fourth-order valence-corrected chi connectivity index (χ4v) is 1.33. The number of rotatable bonds is 2. The van der Waals surface area contributed by atoms with Crippen LogP contribution in [0.4, 0.5) is 0 Å². The maximum absolute atomic E-state index is 8.76. The first-order valence-corrected chi connectivity index (χ1v) is 4.66. The minimum absolute atomic E-state index is 0.0743. The van der Waals surface area contributed by atoms with E-state index in [1.165, 1.54) is 6.33 Å². The van der Waals surface area contributed by atoms with E-state index in [4.69, 9.17) is 5.26 Å². The van der Waals surface area contributed by atoms with Crippen LogP contribution in [0.1, 0.15) is 18.4 Å². The second kappa shape index (κ2) is 3.93. The van der Waals surface area contributed by atoms with Gasteiger partial charge in [0.2, 0.25) is 0 Å². The van der Waals surface area contributed by atoms with Gasteiger partial charge in [-0.05, 0) is 24.6 Å². The van der Waals surface area contributed by atoms with Gasteiger partial charge in [-0.15, -0.1) is 0 Å². The van der Waals surface area contributed by atoms with E-state index in [2.05, 4.69) is 16.2 Å². The van der Waals surface area contributed by atoms with Gasteiger partial charge in [0.15, 0.2) is 0 Å². The largest absolute Gasteiger partial charge is 0.223 e. The summed E-state index contributed by atoms with van der Waals surface area (Å²) >= 11 is 0. The fourth-order valence-electron chi connectivity index (χ4n) is 1.33. The van der Waals surface area contributed by atoms with Gasteiger partial charge in [0, 0.05) is 0 Å². The highest BCUT2D eigenvalue weighted by Crippen LogP contribution is 2.15. The van der Waals surface area contributed by atoms with E-state index in [1.807, 2.05) is 31.2 Å². The third-order valence-electron chi connectivity index (χ3n) is 2.27. The first kappa shape index (κ1) is 9.41. The minimum atomic E-state index is -0.0743. The molecule has 0 saturated carbocycles. The Labute approximate surface area is 87.8 Å². The zero-order chi connectivity index (χ0) is 10.7. The monoisotopic (exact) mass is 198 g/mol. The molecular formula is C11H10N4. The molecule has 1 atom stereocenters. The van der Waals surface area contributed by atoms with E-state index >= 15 is 0 Å². The van der Waals surface area contributed by atoms with Crippen LogP contribution in [-0.2, 0) is 0 Å². The average Bonchev–Trinajstić information content (AvgIpc) is 2.82. The number of hydrogen-bond acceptors (Lipinski definition) is 3. The third-order valence-corrected chi connectivity index (χ3v) is 2.27. The number of hydrogen-bond donors (Lipinski definition) is 0. The average molecular weight is 198 g/mol. The molecule has 1 aromatic heterocycles. The molecule has 0 spiro atoms. The van der Waals surface area contributed by atoms with Crippen molar-refractivity contribution in [1.82, 2.24) is 14.8 Å². The van der Waals surface area contributed by atoms with E-state index in [0.29, 0.717) is 0 Å². The maximum Gasteiger partial charge on any atom is 0.138 e. The Morgan fingerprint density at radius 2 is 2.07 bits per heavy atom. The van der Waals surface area contributed by atoms with Gasteiger partial charge in [-0.25, -0.2) is 9.67 Å². The number of benzene rings is 1. The van der Waals surface area contributed by atoms with Crippen molar-refractivity contribution in [1.29, 1.82) is 5.26 Å². The number of aromatic nitrogens is 3. The highest BCUT2D eigenvalue weighted by molar-refractivity contribution is 5.35. The van der Waals surface area contributed by atoms with Crippen LogP contribution >= 0.6 is 0 Å². The lowest BCUT2D eigenvalue weighted by molar-refractivity contribution is 0.875. The second-order valence-electron chi connectivity index (χ2n) is 3.28. The summed E-state index contributed by atoms with van der Waals surface area (Å²) in [5.74, 6) is -0.0743. The smallest absolute Gasteiger partial charge is 0.138 e. The van der Waals surface area contributed by atoms with Gasteiger partial charge < -0.3 is 0 Å². The molecule has 0 radical (unpaired) electrons. The van der Waals surface area contributed by atoms with E-state index in [9.17, 15) is 0 Å². The Morgan fingerprint density at radius 1 is 1.33 bits per heavy atom. The molecule has 0 amide bonds. The molecule has 0 aliphatic carbocycles. The van der Waals surface area contributed by atoms with E-state index < -0.39 is 0 Å². The molecule has 0 fully saturated rings. The summed E-state index contributed by atoms with van der Waals surface area (Å²) in [7, 11) is 0. The molecule has 4 nitrogen and oxygen atoms in total. The van der Waals surface area contributed by atoms with E-state index in [-0.39, 0.29) is 5.92 Å². The van der Waals surface area contributed by atoms with Gasteiger partial charge >= 0.3 is 0 Å². The molecule has 74 valence electrons. The van der Waals surface area contributed by atoms with Crippen LogP contribution in [0.5, 0.6) is 0 Å². The molecule has 0 bridgehead atoms. The molecule has 2 aromatic rings. The molecule has 0 saturated heterocycles. The van der Waals surface area contributed by atoms with Crippen LogP contribution in [0.3, 0.4) is 0 Å². The lowest BCUT2D eigenvalue weighted by Gasteiger charge is -2.04. The van der Waals surface area contributed by atoms with Crippen LogP contribution in [0, 0.1) is 11.3 Å². The standard InChI is InChI=1S/C11H10N4/c1-9(6-12)10-2-4-11(5-3-10)15-8-13-7-14-15/h2-5,7-9H,1H3. The summed E-state index contributed by atoms with van der Waals surface area (Å²) in [6, 6.07) is 9.93. The van der Waals surface area contributed by atoms with Gasteiger partial charge in [-0.1, -0.05) is 12.1 Å². The van der Waals surface area contributed by atoms with Crippen molar-refractivity contribution >= 4 is 0 Å². The highest BCUT2D eigenvalue weighted by atomic mass is 15.3. The van der Waals surface area contributed by atoms with Crippen molar-refractivity contribution < 1.29 is 0 Å². The summed E-state index contributed by atoms with van der Waals surface area (Å²) in [4.78, 5) is 3.87. The van der Waals surface area contributed by atoms with Gasteiger partial charge in [0.1, 0.15) is 12.7 Å². The lowest BCUT2D eigenvalue weighted by atomic mass is 10.0. The van der Waals surface area contributed by atoms with Gasteiger partial charge in [0.05, 0.1) is 17.7 Å². The zero-order valence-corrected chi connectivity index (χ0v) is 8.33. The van der Waals surface area contributed by atoms with Crippen molar-refractivity contribution in [2.45, 2.75) is 12.8 Å².